The first-order valence-electron chi connectivity index (χ1n) is 5.03. The second kappa shape index (κ2) is 5.16. The number of carbonyl (C=O) groups is 1. The Morgan fingerprint density at radius 2 is 1.67 bits per heavy atom. The molecule has 0 atom stereocenters. The van der Waals surface area contributed by atoms with Gasteiger partial charge in [-0.15, -0.1) is 0 Å². The highest BCUT2D eigenvalue weighted by atomic mass is 35.7. The SMILES string of the molecule is CC(C)(C)OC(=O)Oc1ccc(S(=O)(=O)Cl)cc1. The van der Waals surface area contributed by atoms with Gasteiger partial charge in [0.2, 0.25) is 0 Å². The number of carbonyl (C=O) groups excluding carboxylic acids is 1. The fraction of sp³-hybridized carbons (Fsp3) is 0.364. The molecule has 0 aliphatic carbocycles. The molecule has 0 saturated heterocycles. The number of rotatable bonds is 2. The molecule has 0 aromatic heterocycles. The van der Waals surface area contributed by atoms with Gasteiger partial charge in [-0.2, -0.15) is 0 Å². The van der Waals surface area contributed by atoms with Gasteiger partial charge in [0.1, 0.15) is 11.4 Å². The number of hydrogen-bond acceptors (Lipinski definition) is 5. The van der Waals surface area contributed by atoms with Crippen LogP contribution in [-0.2, 0) is 13.8 Å². The van der Waals surface area contributed by atoms with Gasteiger partial charge in [-0.25, -0.2) is 13.2 Å². The maximum atomic E-state index is 11.3. The minimum absolute atomic E-state index is 0.0688. The Hall–Kier alpha value is -1.27. The quantitative estimate of drug-likeness (QED) is 0.476. The molecule has 0 saturated carbocycles. The summed E-state index contributed by atoms with van der Waals surface area (Å²) in [7, 11) is 1.37. The standard InChI is InChI=1S/C11H13ClO5S/c1-11(2,3)17-10(13)16-8-4-6-9(7-5-8)18(12,14)15/h4-7H,1-3H3. The largest absolute Gasteiger partial charge is 0.514 e. The summed E-state index contributed by atoms with van der Waals surface area (Å²) in [5.41, 5.74) is -0.656. The Labute approximate surface area is 110 Å². The van der Waals surface area contributed by atoms with Gasteiger partial charge < -0.3 is 9.47 Å². The van der Waals surface area contributed by atoms with Crippen LogP contribution >= 0.6 is 10.7 Å². The molecule has 0 unspecified atom stereocenters. The Morgan fingerprint density at radius 3 is 2.06 bits per heavy atom. The predicted molar refractivity (Wildman–Crippen MR) is 66.3 cm³/mol. The summed E-state index contributed by atoms with van der Waals surface area (Å²) in [6, 6.07) is 5.11. The van der Waals surface area contributed by atoms with Crippen LogP contribution in [0.2, 0.25) is 0 Å². The average molecular weight is 293 g/mol. The third-order valence-electron chi connectivity index (χ3n) is 1.70. The molecule has 0 radical (unpaired) electrons. The highest BCUT2D eigenvalue weighted by Crippen LogP contribution is 2.20. The van der Waals surface area contributed by atoms with E-state index in [4.69, 9.17) is 20.2 Å². The molecule has 0 N–H and O–H groups in total. The summed E-state index contributed by atoms with van der Waals surface area (Å²) in [5, 5.41) is 0. The van der Waals surface area contributed by atoms with Crippen molar-refractivity contribution in [2.45, 2.75) is 31.3 Å². The van der Waals surface area contributed by atoms with Crippen molar-refractivity contribution in [2.24, 2.45) is 0 Å². The molecule has 1 aromatic rings. The fourth-order valence-corrected chi connectivity index (χ4v) is 1.81. The third kappa shape index (κ3) is 4.93. The van der Waals surface area contributed by atoms with E-state index in [1.807, 2.05) is 0 Å². The highest BCUT2D eigenvalue weighted by molar-refractivity contribution is 8.13. The molecular formula is C11H13ClO5S. The molecule has 0 aliphatic rings. The van der Waals surface area contributed by atoms with Gasteiger partial charge in [-0.1, -0.05) is 0 Å². The second-order valence-corrected chi connectivity index (χ2v) is 7.04. The maximum Gasteiger partial charge on any atom is 0.514 e. The first-order valence-corrected chi connectivity index (χ1v) is 7.34. The lowest BCUT2D eigenvalue weighted by molar-refractivity contribution is 0.0206. The van der Waals surface area contributed by atoms with Gasteiger partial charge in [-0.3, -0.25) is 0 Å². The first kappa shape index (κ1) is 14.8. The maximum absolute atomic E-state index is 11.3. The minimum atomic E-state index is -3.78. The summed E-state index contributed by atoms with van der Waals surface area (Å²) in [6.45, 7) is 5.12. The van der Waals surface area contributed by atoms with E-state index in [9.17, 15) is 13.2 Å². The van der Waals surface area contributed by atoms with Gasteiger partial charge >= 0.3 is 6.16 Å². The van der Waals surface area contributed by atoms with E-state index in [1.54, 1.807) is 20.8 Å². The summed E-state index contributed by atoms with van der Waals surface area (Å²) in [6.07, 6.45) is -0.857. The lowest BCUT2D eigenvalue weighted by Gasteiger charge is -2.18. The van der Waals surface area contributed by atoms with Crippen LogP contribution < -0.4 is 4.74 Å². The summed E-state index contributed by atoms with van der Waals surface area (Å²) < 4.78 is 31.8. The van der Waals surface area contributed by atoms with Gasteiger partial charge in [0.05, 0.1) is 4.90 Å². The molecule has 18 heavy (non-hydrogen) atoms. The van der Waals surface area contributed by atoms with E-state index >= 15 is 0 Å². The molecule has 0 fully saturated rings. The minimum Gasteiger partial charge on any atom is -0.428 e. The van der Waals surface area contributed by atoms with E-state index in [-0.39, 0.29) is 10.6 Å². The van der Waals surface area contributed by atoms with Crippen LogP contribution in [0.1, 0.15) is 20.8 Å². The molecule has 5 nitrogen and oxygen atoms in total. The van der Waals surface area contributed by atoms with Crippen molar-refractivity contribution in [3.05, 3.63) is 24.3 Å². The van der Waals surface area contributed by atoms with Crippen molar-refractivity contribution in [3.63, 3.8) is 0 Å². The molecule has 0 heterocycles. The smallest absolute Gasteiger partial charge is 0.428 e. The molecule has 0 amide bonds. The molecule has 1 rings (SSSR count). The Bertz CT molecular complexity index is 528. The van der Waals surface area contributed by atoms with Gasteiger partial charge in [0.15, 0.2) is 0 Å². The van der Waals surface area contributed by atoms with Crippen LogP contribution in [0.3, 0.4) is 0 Å². The van der Waals surface area contributed by atoms with Crippen molar-refractivity contribution in [1.82, 2.24) is 0 Å². The number of ether oxygens (including phenoxy) is 2. The van der Waals surface area contributed by atoms with Crippen molar-refractivity contribution >= 4 is 25.9 Å². The molecule has 0 bridgehead atoms. The van der Waals surface area contributed by atoms with Crippen molar-refractivity contribution in [1.29, 1.82) is 0 Å². The van der Waals surface area contributed by atoms with Crippen LogP contribution in [0, 0.1) is 0 Å². The normalized spacial score (nSPS) is 12.0. The molecular weight excluding hydrogens is 280 g/mol. The number of hydrogen-bond donors (Lipinski definition) is 0. The van der Waals surface area contributed by atoms with E-state index in [0.717, 1.165) is 0 Å². The third-order valence-corrected chi connectivity index (χ3v) is 3.07. The monoisotopic (exact) mass is 292 g/mol. The number of benzene rings is 1. The van der Waals surface area contributed by atoms with E-state index in [2.05, 4.69) is 0 Å². The first-order chi connectivity index (χ1) is 8.08. The zero-order valence-electron chi connectivity index (χ0n) is 10.1. The Morgan fingerprint density at radius 1 is 1.17 bits per heavy atom. The van der Waals surface area contributed by atoms with Gasteiger partial charge in [0, 0.05) is 10.7 Å². The van der Waals surface area contributed by atoms with Crippen molar-refractivity contribution in [2.75, 3.05) is 0 Å². The van der Waals surface area contributed by atoms with Crippen LogP contribution in [0.15, 0.2) is 29.2 Å². The molecule has 1 aromatic carbocycles. The molecule has 0 aliphatic heterocycles. The Kier molecular flexibility index (Phi) is 4.24. The molecule has 7 heteroatoms. The lowest BCUT2D eigenvalue weighted by Crippen LogP contribution is -2.25. The topological polar surface area (TPSA) is 69.7 Å². The van der Waals surface area contributed by atoms with Gasteiger partial charge in [-0.05, 0) is 45.0 Å². The van der Waals surface area contributed by atoms with Crippen molar-refractivity contribution in [3.8, 4) is 5.75 Å². The summed E-state index contributed by atoms with van der Waals surface area (Å²) >= 11 is 0. The second-order valence-electron chi connectivity index (χ2n) is 4.48. The zero-order chi connectivity index (χ0) is 14.0. The van der Waals surface area contributed by atoms with E-state index in [1.165, 1.54) is 24.3 Å². The average Bonchev–Trinajstić information content (AvgIpc) is 2.13. The highest BCUT2D eigenvalue weighted by Gasteiger charge is 2.18. The number of halogens is 1. The van der Waals surface area contributed by atoms with Crippen LogP contribution in [-0.4, -0.2) is 20.2 Å². The lowest BCUT2D eigenvalue weighted by atomic mass is 10.2. The Balaban J connectivity index is 2.73. The molecule has 100 valence electrons. The van der Waals surface area contributed by atoms with Crippen LogP contribution in [0.25, 0.3) is 0 Å². The van der Waals surface area contributed by atoms with Crippen molar-refractivity contribution < 1.29 is 22.7 Å². The fourth-order valence-electron chi connectivity index (χ4n) is 1.04. The zero-order valence-corrected chi connectivity index (χ0v) is 11.7. The predicted octanol–water partition coefficient (Wildman–Crippen LogP) is 2.93. The van der Waals surface area contributed by atoms with Crippen LogP contribution in [0.4, 0.5) is 4.79 Å². The van der Waals surface area contributed by atoms with Gasteiger partial charge in [0.25, 0.3) is 9.05 Å². The summed E-state index contributed by atoms with van der Waals surface area (Å²) in [5.74, 6) is 0.174. The summed E-state index contributed by atoms with van der Waals surface area (Å²) in [4.78, 5) is 11.3. The van der Waals surface area contributed by atoms with E-state index in [0.29, 0.717) is 0 Å². The van der Waals surface area contributed by atoms with Crippen LogP contribution in [0.5, 0.6) is 5.75 Å². The van der Waals surface area contributed by atoms with E-state index < -0.39 is 20.8 Å². The molecule has 0 spiro atoms.